The molecule has 0 spiro atoms. The molecular formula is C14H19N5O. The Labute approximate surface area is 118 Å². The number of aromatic nitrogens is 3. The molecular weight excluding hydrogens is 254 g/mol. The van der Waals surface area contributed by atoms with Gasteiger partial charge < -0.3 is 10.6 Å². The zero-order chi connectivity index (χ0) is 14.5. The molecule has 0 fully saturated rings. The second kappa shape index (κ2) is 6.18. The summed E-state index contributed by atoms with van der Waals surface area (Å²) in [5, 5.41) is 14.0. The third kappa shape index (κ3) is 3.34. The van der Waals surface area contributed by atoms with Crippen molar-refractivity contribution in [2.75, 3.05) is 11.9 Å². The number of benzene rings is 1. The number of carbonyl (C=O) groups excluding carboxylic acids is 1. The molecule has 0 saturated carbocycles. The van der Waals surface area contributed by atoms with E-state index in [0.29, 0.717) is 18.7 Å². The molecule has 0 aliphatic heterocycles. The predicted octanol–water partition coefficient (Wildman–Crippen LogP) is 1.49. The molecule has 1 amide bonds. The summed E-state index contributed by atoms with van der Waals surface area (Å²) in [5.41, 5.74) is 3.57. The number of nitrogens with one attached hydrogen (secondary N) is 2. The highest BCUT2D eigenvalue weighted by Crippen LogP contribution is 2.17. The van der Waals surface area contributed by atoms with Gasteiger partial charge in [-0.25, -0.2) is 0 Å². The molecule has 0 aliphatic carbocycles. The van der Waals surface area contributed by atoms with E-state index in [4.69, 9.17) is 0 Å². The zero-order valence-corrected chi connectivity index (χ0v) is 12.0. The highest BCUT2D eigenvalue weighted by molar-refractivity contribution is 5.94. The normalized spacial score (nSPS) is 10.3. The number of aryl methyl sites for hydroxylation is 2. The van der Waals surface area contributed by atoms with Gasteiger partial charge in [0.25, 0.3) is 5.91 Å². The van der Waals surface area contributed by atoms with Crippen molar-refractivity contribution in [2.45, 2.75) is 20.4 Å². The maximum atomic E-state index is 11.7. The molecule has 0 radical (unpaired) electrons. The minimum atomic E-state index is -0.0453. The molecule has 2 aromatic rings. The van der Waals surface area contributed by atoms with Crippen molar-refractivity contribution >= 4 is 11.6 Å². The van der Waals surface area contributed by atoms with Crippen LogP contribution in [0, 0.1) is 6.92 Å². The van der Waals surface area contributed by atoms with Gasteiger partial charge in [-0.15, -0.1) is 5.10 Å². The molecule has 0 bridgehead atoms. The minimum absolute atomic E-state index is 0.0453. The number of hydrogen-bond donors (Lipinski definition) is 2. The molecule has 106 valence electrons. The van der Waals surface area contributed by atoms with Crippen molar-refractivity contribution < 1.29 is 4.79 Å². The number of carbonyl (C=O) groups is 1. The Balaban J connectivity index is 2.04. The minimum Gasteiger partial charge on any atom is -0.379 e. The second-order valence-electron chi connectivity index (χ2n) is 4.63. The third-order valence-electron chi connectivity index (χ3n) is 2.94. The van der Waals surface area contributed by atoms with Crippen LogP contribution in [0.15, 0.2) is 24.4 Å². The van der Waals surface area contributed by atoms with Crippen LogP contribution in [0.2, 0.25) is 0 Å². The van der Waals surface area contributed by atoms with Gasteiger partial charge >= 0.3 is 0 Å². The van der Waals surface area contributed by atoms with E-state index in [1.807, 2.05) is 45.3 Å². The Bertz CT molecular complexity index is 605. The lowest BCUT2D eigenvalue weighted by atomic mass is 10.1. The predicted molar refractivity (Wildman–Crippen MR) is 77.5 cm³/mol. The maximum Gasteiger partial charge on any atom is 0.251 e. The fourth-order valence-electron chi connectivity index (χ4n) is 1.93. The topological polar surface area (TPSA) is 71.8 Å². The summed E-state index contributed by atoms with van der Waals surface area (Å²) < 4.78 is 1.67. The standard InChI is InChI=1S/C14H19N5O/c1-4-15-14(20)11-5-6-13(10(2)7-11)16-8-12-9-19(3)18-17-12/h5-7,9,16H,4,8H2,1-3H3,(H,15,20). The van der Waals surface area contributed by atoms with Crippen molar-refractivity contribution in [3.05, 3.63) is 41.2 Å². The first-order chi connectivity index (χ1) is 9.60. The summed E-state index contributed by atoms with van der Waals surface area (Å²) in [4.78, 5) is 11.7. The van der Waals surface area contributed by atoms with Crippen molar-refractivity contribution in [2.24, 2.45) is 7.05 Å². The van der Waals surface area contributed by atoms with Gasteiger partial charge in [0.15, 0.2) is 0 Å². The monoisotopic (exact) mass is 273 g/mol. The van der Waals surface area contributed by atoms with E-state index in [-0.39, 0.29) is 5.91 Å². The first kappa shape index (κ1) is 14.0. The third-order valence-corrected chi connectivity index (χ3v) is 2.94. The van der Waals surface area contributed by atoms with Gasteiger partial charge in [-0.1, -0.05) is 5.21 Å². The molecule has 6 heteroatoms. The largest absolute Gasteiger partial charge is 0.379 e. The van der Waals surface area contributed by atoms with Crippen LogP contribution in [0.25, 0.3) is 0 Å². The van der Waals surface area contributed by atoms with Crippen molar-refractivity contribution in [1.29, 1.82) is 0 Å². The number of anilines is 1. The summed E-state index contributed by atoms with van der Waals surface area (Å²) in [6.45, 7) is 5.11. The second-order valence-corrected chi connectivity index (χ2v) is 4.63. The summed E-state index contributed by atoms with van der Waals surface area (Å²) in [7, 11) is 1.84. The molecule has 2 rings (SSSR count). The lowest BCUT2D eigenvalue weighted by Gasteiger charge is -2.10. The molecule has 0 saturated heterocycles. The highest BCUT2D eigenvalue weighted by atomic mass is 16.1. The van der Waals surface area contributed by atoms with E-state index >= 15 is 0 Å². The molecule has 6 nitrogen and oxygen atoms in total. The lowest BCUT2D eigenvalue weighted by molar-refractivity contribution is 0.0956. The summed E-state index contributed by atoms with van der Waals surface area (Å²) in [5.74, 6) is -0.0453. The van der Waals surface area contributed by atoms with Crippen LogP contribution in [-0.4, -0.2) is 27.4 Å². The van der Waals surface area contributed by atoms with E-state index in [9.17, 15) is 4.79 Å². The quantitative estimate of drug-likeness (QED) is 0.865. The van der Waals surface area contributed by atoms with Gasteiger partial charge in [-0.05, 0) is 37.6 Å². The van der Waals surface area contributed by atoms with Crippen LogP contribution in [0.3, 0.4) is 0 Å². The van der Waals surface area contributed by atoms with Crippen LogP contribution in [0.1, 0.15) is 28.5 Å². The van der Waals surface area contributed by atoms with Crippen LogP contribution >= 0.6 is 0 Å². The highest BCUT2D eigenvalue weighted by Gasteiger charge is 2.07. The van der Waals surface area contributed by atoms with Crippen molar-refractivity contribution in [1.82, 2.24) is 20.3 Å². The van der Waals surface area contributed by atoms with Gasteiger partial charge in [0.2, 0.25) is 0 Å². The number of amides is 1. The molecule has 0 aliphatic rings. The summed E-state index contributed by atoms with van der Waals surface area (Å²) in [6, 6.07) is 5.61. The van der Waals surface area contributed by atoms with Gasteiger partial charge in [-0.3, -0.25) is 9.48 Å². The molecule has 2 N–H and O–H groups in total. The van der Waals surface area contributed by atoms with Gasteiger partial charge in [0.05, 0.1) is 6.54 Å². The number of nitrogens with zero attached hydrogens (tertiary/aromatic N) is 3. The van der Waals surface area contributed by atoms with Crippen LogP contribution < -0.4 is 10.6 Å². The fourth-order valence-corrected chi connectivity index (χ4v) is 1.93. The Morgan fingerprint density at radius 1 is 1.40 bits per heavy atom. The number of rotatable bonds is 5. The van der Waals surface area contributed by atoms with Crippen LogP contribution in [0.4, 0.5) is 5.69 Å². The Kier molecular flexibility index (Phi) is 4.34. The van der Waals surface area contributed by atoms with Crippen LogP contribution in [0.5, 0.6) is 0 Å². The van der Waals surface area contributed by atoms with Gasteiger partial charge in [-0.2, -0.15) is 0 Å². The maximum absolute atomic E-state index is 11.7. The Morgan fingerprint density at radius 2 is 2.20 bits per heavy atom. The van der Waals surface area contributed by atoms with Gasteiger partial charge in [0.1, 0.15) is 5.69 Å². The van der Waals surface area contributed by atoms with E-state index in [1.165, 1.54) is 0 Å². The fraction of sp³-hybridized carbons (Fsp3) is 0.357. The van der Waals surface area contributed by atoms with Gasteiger partial charge in [0, 0.05) is 31.0 Å². The Hall–Kier alpha value is -2.37. The number of hydrogen-bond acceptors (Lipinski definition) is 4. The molecule has 1 aromatic carbocycles. The first-order valence-corrected chi connectivity index (χ1v) is 6.58. The smallest absolute Gasteiger partial charge is 0.251 e. The SMILES string of the molecule is CCNC(=O)c1ccc(NCc2cn(C)nn2)c(C)c1. The summed E-state index contributed by atoms with van der Waals surface area (Å²) in [6.07, 6.45) is 1.87. The van der Waals surface area contributed by atoms with E-state index in [2.05, 4.69) is 20.9 Å². The average molecular weight is 273 g/mol. The lowest BCUT2D eigenvalue weighted by Crippen LogP contribution is -2.22. The first-order valence-electron chi connectivity index (χ1n) is 6.58. The molecule has 1 heterocycles. The van der Waals surface area contributed by atoms with Crippen LogP contribution in [-0.2, 0) is 13.6 Å². The molecule has 0 atom stereocenters. The van der Waals surface area contributed by atoms with Crippen molar-refractivity contribution in [3.8, 4) is 0 Å². The molecule has 20 heavy (non-hydrogen) atoms. The Morgan fingerprint density at radius 3 is 2.80 bits per heavy atom. The van der Waals surface area contributed by atoms with E-state index in [0.717, 1.165) is 16.9 Å². The van der Waals surface area contributed by atoms with Crippen molar-refractivity contribution in [3.63, 3.8) is 0 Å². The molecule has 1 aromatic heterocycles. The average Bonchev–Trinajstić information content (AvgIpc) is 2.83. The van der Waals surface area contributed by atoms with E-state index in [1.54, 1.807) is 4.68 Å². The zero-order valence-electron chi connectivity index (χ0n) is 12.0. The molecule has 0 unspecified atom stereocenters. The summed E-state index contributed by atoms with van der Waals surface area (Å²) >= 11 is 0. The van der Waals surface area contributed by atoms with E-state index < -0.39 is 0 Å².